The minimum Gasteiger partial charge on any atom is -0.494 e. The molecular weight excluding hydrogens is 356 g/mol. The number of fused-ring (bicyclic) bond motifs is 3. The van der Waals surface area contributed by atoms with Crippen molar-refractivity contribution in [3.8, 4) is 5.75 Å². The van der Waals surface area contributed by atoms with Crippen LogP contribution in [0.1, 0.15) is 30.7 Å². The molecule has 0 saturated carbocycles. The Labute approximate surface area is 163 Å². The van der Waals surface area contributed by atoms with E-state index in [0.717, 1.165) is 46.0 Å². The molecule has 0 bridgehead atoms. The monoisotopic (exact) mass is 380 g/mol. The quantitative estimate of drug-likeness (QED) is 0.524. The molecule has 1 aliphatic rings. The van der Waals surface area contributed by atoms with E-state index >= 15 is 0 Å². The van der Waals surface area contributed by atoms with Gasteiger partial charge in [-0.2, -0.15) is 0 Å². The molecule has 1 aromatic heterocycles. The van der Waals surface area contributed by atoms with E-state index in [1.807, 2.05) is 44.4 Å². The molecule has 0 spiro atoms. The van der Waals surface area contributed by atoms with Crippen molar-refractivity contribution in [2.75, 3.05) is 27.2 Å². The molecule has 1 saturated heterocycles. The highest BCUT2D eigenvalue weighted by atomic mass is 16.5. The van der Waals surface area contributed by atoms with E-state index in [2.05, 4.69) is 10.2 Å². The number of nitrogens with zero attached hydrogens (tertiary/aromatic N) is 1. The summed E-state index contributed by atoms with van der Waals surface area (Å²) in [4.78, 5) is 25.9. The molecule has 2 aromatic carbocycles. The average molecular weight is 380 g/mol. The average Bonchev–Trinajstić information content (AvgIpc) is 3.09. The van der Waals surface area contributed by atoms with Crippen LogP contribution in [0.25, 0.3) is 21.7 Å². The molecule has 4 rings (SSSR count). The lowest BCUT2D eigenvalue weighted by molar-refractivity contribution is -0.134. The third kappa shape index (κ3) is 3.60. The van der Waals surface area contributed by atoms with Gasteiger partial charge in [-0.1, -0.05) is 6.07 Å². The number of carbonyl (C=O) groups is 2. The Hall–Kier alpha value is -2.86. The molecule has 1 aliphatic heterocycles. The number of amides is 2. The van der Waals surface area contributed by atoms with Gasteiger partial charge in [0.1, 0.15) is 11.3 Å². The predicted molar refractivity (Wildman–Crippen MR) is 108 cm³/mol. The van der Waals surface area contributed by atoms with Crippen LogP contribution in [-0.4, -0.2) is 44.0 Å². The number of furan rings is 1. The van der Waals surface area contributed by atoms with Crippen molar-refractivity contribution in [3.63, 3.8) is 0 Å². The lowest BCUT2D eigenvalue weighted by Crippen LogP contribution is -2.39. The van der Waals surface area contributed by atoms with E-state index in [9.17, 15) is 9.59 Å². The van der Waals surface area contributed by atoms with Crippen molar-refractivity contribution in [2.24, 2.45) is 0 Å². The Balaban J connectivity index is 1.64. The zero-order valence-corrected chi connectivity index (χ0v) is 16.2. The van der Waals surface area contributed by atoms with Gasteiger partial charge in [0.15, 0.2) is 0 Å². The fraction of sp³-hybridized carbons (Fsp3) is 0.364. The van der Waals surface area contributed by atoms with Gasteiger partial charge >= 0.3 is 0 Å². The summed E-state index contributed by atoms with van der Waals surface area (Å²) < 4.78 is 11.6. The molecule has 6 nitrogen and oxygen atoms in total. The summed E-state index contributed by atoms with van der Waals surface area (Å²) in [7, 11) is 4.10. The highest BCUT2D eigenvalue weighted by molar-refractivity contribution is 6.10. The number of rotatable bonds is 6. The van der Waals surface area contributed by atoms with Gasteiger partial charge in [0, 0.05) is 23.9 Å². The molecule has 0 radical (unpaired) electrons. The zero-order chi connectivity index (χ0) is 19.7. The second-order valence-corrected chi connectivity index (χ2v) is 7.52. The van der Waals surface area contributed by atoms with Crippen LogP contribution in [0.5, 0.6) is 5.75 Å². The van der Waals surface area contributed by atoms with Crippen LogP contribution < -0.4 is 10.1 Å². The molecule has 28 heavy (non-hydrogen) atoms. The molecule has 0 unspecified atom stereocenters. The number of hydrogen-bond donors (Lipinski definition) is 1. The summed E-state index contributed by atoms with van der Waals surface area (Å²) in [6, 6.07) is 9.92. The number of hydrogen-bond acceptors (Lipinski definition) is 5. The van der Waals surface area contributed by atoms with Gasteiger partial charge in [0.05, 0.1) is 18.8 Å². The molecular formula is C22H24N2O4. The summed E-state index contributed by atoms with van der Waals surface area (Å²) in [5.74, 6) is -0.00469. The molecule has 2 heterocycles. The lowest BCUT2D eigenvalue weighted by Gasteiger charge is -2.20. The maximum atomic E-state index is 12.3. The number of carbonyl (C=O) groups excluding carboxylic acids is 2. The Kier molecular flexibility index (Phi) is 5.05. The van der Waals surface area contributed by atoms with Gasteiger partial charge in [-0.3, -0.25) is 14.9 Å². The van der Waals surface area contributed by atoms with Gasteiger partial charge in [-0.05, 0) is 62.0 Å². The summed E-state index contributed by atoms with van der Waals surface area (Å²) in [6.07, 6.45) is 3.46. The number of ether oxygens (including phenoxy) is 1. The van der Waals surface area contributed by atoms with Crippen LogP contribution >= 0.6 is 0 Å². The highest BCUT2D eigenvalue weighted by Crippen LogP contribution is 2.37. The van der Waals surface area contributed by atoms with Crippen LogP contribution in [0, 0.1) is 0 Å². The first kappa shape index (κ1) is 18.5. The normalized spacial score (nSPS) is 17.5. The van der Waals surface area contributed by atoms with Gasteiger partial charge in [-0.15, -0.1) is 0 Å². The fourth-order valence-electron chi connectivity index (χ4n) is 3.78. The summed E-state index contributed by atoms with van der Waals surface area (Å²) >= 11 is 0. The first-order valence-corrected chi connectivity index (χ1v) is 9.58. The van der Waals surface area contributed by atoms with Crippen LogP contribution in [0.2, 0.25) is 0 Å². The van der Waals surface area contributed by atoms with E-state index in [1.165, 1.54) is 0 Å². The van der Waals surface area contributed by atoms with Crippen molar-refractivity contribution in [1.29, 1.82) is 0 Å². The third-order valence-electron chi connectivity index (χ3n) is 5.19. The van der Waals surface area contributed by atoms with E-state index in [0.29, 0.717) is 19.4 Å². The molecule has 1 atom stereocenters. The van der Waals surface area contributed by atoms with Crippen molar-refractivity contribution in [2.45, 2.75) is 25.2 Å². The van der Waals surface area contributed by atoms with Crippen molar-refractivity contribution in [3.05, 3.63) is 42.2 Å². The predicted octanol–water partition coefficient (Wildman–Crippen LogP) is 3.44. The third-order valence-corrected chi connectivity index (χ3v) is 5.19. The van der Waals surface area contributed by atoms with Crippen LogP contribution in [0.3, 0.4) is 0 Å². The fourth-order valence-corrected chi connectivity index (χ4v) is 3.78. The maximum Gasteiger partial charge on any atom is 0.234 e. The molecule has 1 fully saturated rings. The van der Waals surface area contributed by atoms with Gasteiger partial charge < -0.3 is 14.1 Å². The second kappa shape index (κ2) is 7.64. The Morgan fingerprint density at radius 1 is 1.21 bits per heavy atom. The number of piperidine rings is 1. The Morgan fingerprint density at radius 2 is 2.07 bits per heavy atom. The SMILES string of the molecule is CN(C)CCCOc1ccc2c(ccc3occ([C@@H]4CCC(=O)NC4=O)c32)c1. The molecule has 6 heteroatoms. The second-order valence-electron chi connectivity index (χ2n) is 7.52. The summed E-state index contributed by atoms with van der Waals surface area (Å²) in [5, 5.41) is 5.42. The Bertz CT molecular complexity index is 1040. The van der Waals surface area contributed by atoms with Crippen LogP contribution in [-0.2, 0) is 9.59 Å². The van der Waals surface area contributed by atoms with Gasteiger partial charge in [0.25, 0.3) is 0 Å². The topological polar surface area (TPSA) is 71.8 Å². The van der Waals surface area contributed by atoms with Crippen molar-refractivity contribution >= 4 is 33.6 Å². The molecule has 0 aliphatic carbocycles. The van der Waals surface area contributed by atoms with Gasteiger partial charge in [0.2, 0.25) is 11.8 Å². The standard InChI is InChI=1S/C22H24N2O4/c1-24(2)10-3-11-27-15-5-6-16-14(12-15)4-8-19-21(16)18(13-28-19)17-7-9-20(25)23-22(17)26/h4-6,8,12-13,17H,3,7,9-11H2,1-2H3,(H,23,25,26)/t17-/m0/s1. The molecule has 146 valence electrons. The van der Waals surface area contributed by atoms with Crippen molar-refractivity contribution in [1.82, 2.24) is 10.2 Å². The van der Waals surface area contributed by atoms with Crippen LogP contribution in [0.15, 0.2) is 41.0 Å². The zero-order valence-electron chi connectivity index (χ0n) is 16.2. The van der Waals surface area contributed by atoms with E-state index in [4.69, 9.17) is 9.15 Å². The maximum absolute atomic E-state index is 12.3. The molecule has 3 aromatic rings. The number of nitrogens with one attached hydrogen (secondary N) is 1. The number of benzene rings is 2. The largest absolute Gasteiger partial charge is 0.494 e. The summed E-state index contributed by atoms with van der Waals surface area (Å²) in [5.41, 5.74) is 1.58. The first-order valence-electron chi connectivity index (χ1n) is 9.58. The first-order chi connectivity index (χ1) is 13.5. The van der Waals surface area contributed by atoms with Gasteiger partial charge in [-0.25, -0.2) is 0 Å². The Morgan fingerprint density at radius 3 is 2.86 bits per heavy atom. The molecule has 1 N–H and O–H groups in total. The van der Waals surface area contributed by atoms with Crippen molar-refractivity contribution < 1.29 is 18.7 Å². The summed E-state index contributed by atoms with van der Waals surface area (Å²) in [6.45, 7) is 1.65. The lowest BCUT2D eigenvalue weighted by atomic mass is 9.89. The van der Waals surface area contributed by atoms with Crippen LogP contribution in [0.4, 0.5) is 0 Å². The van der Waals surface area contributed by atoms with E-state index in [1.54, 1.807) is 6.26 Å². The van der Waals surface area contributed by atoms with E-state index in [-0.39, 0.29) is 17.7 Å². The number of imide groups is 1. The van der Waals surface area contributed by atoms with E-state index < -0.39 is 0 Å². The highest BCUT2D eigenvalue weighted by Gasteiger charge is 2.30. The minimum absolute atomic E-state index is 0.213. The smallest absolute Gasteiger partial charge is 0.234 e. The minimum atomic E-state index is -0.369. The molecule has 2 amide bonds.